The molecule has 0 spiro atoms. The van der Waals surface area contributed by atoms with Crippen molar-refractivity contribution in [3.05, 3.63) is 17.5 Å². The standard InChI is InChI=1S/C15H29N3O/c1-12(2)8-16-9-15-10-18(17-14(15)5)6-7-19-11-13(3)4/h10,12-13,16H,6-9,11H2,1-5H3. The molecule has 0 saturated heterocycles. The van der Waals surface area contributed by atoms with Crippen LogP contribution in [-0.2, 0) is 17.8 Å². The summed E-state index contributed by atoms with van der Waals surface area (Å²) in [4.78, 5) is 0. The number of nitrogens with one attached hydrogen (secondary N) is 1. The summed E-state index contributed by atoms with van der Waals surface area (Å²) in [5.74, 6) is 1.27. The fraction of sp³-hybridized carbons (Fsp3) is 0.800. The molecule has 0 bridgehead atoms. The summed E-state index contributed by atoms with van der Waals surface area (Å²) in [5.41, 5.74) is 2.39. The summed E-state index contributed by atoms with van der Waals surface area (Å²) in [6.45, 7) is 15.2. The average molecular weight is 267 g/mol. The predicted octanol–water partition coefficient (Wildman–Crippen LogP) is 2.61. The van der Waals surface area contributed by atoms with Gasteiger partial charge in [0.15, 0.2) is 0 Å². The van der Waals surface area contributed by atoms with E-state index in [1.807, 2.05) is 4.68 Å². The molecule has 1 N–H and O–H groups in total. The first kappa shape index (κ1) is 16.2. The molecule has 110 valence electrons. The van der Waals surface area contributed by atoms with Crippen molar-refractivity contribution in [1.29, 1.82) is 0 Å². The molecule has 1 aromatic rings. The van der Waals surface area contributed by atoms with Gasteiger partial charge in [-0.3, -0.25) is 4.68 Å². The van der Waals surface area contributed by atoms with Gasteiger partial charge in [-0.2, -0.15) is 5.10 Å². The Bertz CT molecular complexity index is 358. The first-order chi connectivity index (χ1) is 8.99. The van der Waals surface area contributed by atoms with Crippen LogP contribution < -0.4 is 5.32 Å². The number of nitrogens with zero attached hydrogens (tertiary/aromatic N) is 2. The van der Waals surface area contributed by atoms with E-state index in [0.717, 1.165) is 38.5 Å². The van der Waals surface area contributed by atoms with Gasteiger partial charge in [-0.1, -0.05) is 27.7 Å². The average Bonchev–Trinajstić information content (AvgIpc) is 2.65. The van der Waals surface area contributed by atoms with E-state index in [4.69, 9.17) is 4.74 Å². The minimum Gasteiger partial charge on any atom is -0.379 e. The van der Waals surface area contributed by atoms with Crippen molar-refractivity contribution < 1.29 is 4.74 Å². The Labute approximate surface area is 117 Å². The van der Waals surface area contributed by atoms with Gasteiger partial charge in [0, 0.05) is 24.9 Å². The molecule has 19 heavy (non-hydrogen) atoms. The number of rotatable bonds is 9. The molecule has 4 heteroatoms. The maximum absolute atomic E-state index is 5.58. The maximum atomic E-state index is 5.58. The van der Waals surface area contributed by atoms with E-state index in [-0.39, 0.29) is 0 Å². The Hall–Kier alpha value is -0.870. The highest BCUT2D eigenvalue weighted by atomic mass is 16.5. The first-order valence-corrected chi connectivity index (χ1v) is 7.30. The molecule has 0 amide bonds. The van der Waals surface area contributed by atoms with Crippen LogP contribution in [0.15, 0.2) is 6.20 Å². The molecule has 1 aromatic heterocycles. The van der Waals surface area contributed by atoms with E-state index in [1.165, 1.54) is 5.56 Å². The molecule has 1 rings (SSSR count). The van der Waals surface area contributed by atoms with Gasteiger partial charge in [-0.05, 0) is 25.3 Å². The Morgan fingerprint density at radius 3 is 2.63 bits per heavy atom. The quantitative estimate of drug-likeness (QED) is 0.699. The van der Waals surface area contributed by atoms with Crippen LogP contribution in [0.5, 0.6) is 0 Å². The van der Waals surface area contributed by atoms with E-state index < -0.39 is 0 Å². The molecule has 0 aliphatic heterocycles. The highest BCUT2D eigenvalue weighted by Gasteiger charge is 2.05. The number of hydrogen-bond acceptors (Lipinski definition) is 3. The van der Waals surface area contributed by atoms with Crippen LogP contribution in [0.4, 0.5) is 0 Å². The molecule has 4 nitrogen and oxygen atoms in total. The van der Waals surface area contributed by atoms with Crippen molar-refractivity contribution in [1.82, 2.24) is 15.1 Å². The Kier molecular flexibility index (Phi) is 7.10. The van der Waals surface area contributed by atoms with Crippen molar-refractivity contribution in [2.75, 3.05) is 19.8 Å². The summed E-state index contributed by atoms with van der Waals surface area (Å²) < 4.78 is 7.57. The zero-order chi connectivity index (χ0) is 14.3. The topological polar surface area (TPSA) is 39.1 Å². The number of aromatic nitrogens is 2. The Balaban J connectivity index is 2.32. The zero-order valence-corrected chi connectivity index (χ0v) is 13.1. The van der Waals surface area contributed by atoms with Gasteiger partial charge in [0.2, 0.25) is 0 Å². The van der Waals surface area contributed by atoms with Gasteiger partial charge >= 0.3 is 0 Å². The van der Waals surface area contributed by atoms with E-state index in [2.05, 4.69) is 51.2 Å². The number of hydrogen-bond donors (Lipinski definition) is 1. The zero-order valence-electron chi connectivity index (χ0n) is 13.1. The first-order valence-electron chi connectivity index (χ1n) is 7.30. The van der Waals surface area contributed by atoms with Crippen molar-refractivity contribution in [2.45, 2.75) is 47.7 Å². The van der Waals surface area contributed by atoms with Gasteiger partial charge in [-0.25, -0.2) is 0 Å². The van der Waals surface area contributed by atoms with Crippen LogP contribution in [0.2, 0.25) is 0 Å². The number of aryl methyl sites for hydroxylation is 1. The van der Waals surface area contributed by atoms with Crippen molar-refractivity contribution in [3.63, 3.8) is 0 Å². The second-order valence-electron chi connectivity index (χ2n) is 6.00. The smallest absolute Gasteiger partial charge is 0.0662 e. The molecule has 0 saturated carbocycles. The van der Waals surface area contributed by atoms with Crippen molar-refractivity contribution in [3.8, 4) is 0 Å². The van der Waals surface area contributed by atoms with Crippen LogP contribution in [0.3, 0.4) is 0 Å². The SMILES string of the molecule is Cc1nn(CCOCC(C)C)cc1CNCC(C)C. The molecular weight excluding hydrogens is 238 g/mol. The third-order valence-corrected chi connectivity index (χ3v) is 2.83. The van der Waals surface area contributed by atoms with Crippen LogP contribution in [0.1, 0.15) is 39.0 Å². The second kappa shape index (κ2) is 8.33. The fourth-order valence-corrected chi connectivity index (χ4v) is 1.82. The second-order valence-corrected chi connectivity index (χ2v) is 6.00. The van der Waals surface area contributed by atoms with E-state index in [9.17, 15) is 0 Å². The molecule has 0 radical (unpaired) electrons. The summed E-state index contributed by atoms with van der Waals surface area (Å²) in [6, 6.07) is 0. The van der Waals surface area contributed by atoms with Gasteiger partial charge < -0.3 is 10.1 Å². The van der Waals surface area contributed by atoms with Crippen molar-refractivity contribution in [2.24, 2.45) is 11.8 Å². The molecular formula is C15H29N3O. The predicted molar refractivity (Wildman–Crippen MR) is 79.2 cm³/mol. The lowest BCUT2D eigenvalue weighted by molar-refractivity contribution is 0.101. The minimum absolute atomic E-state index is 0.593. The van der Waals surface area contributed by atoms with Crippen LogP contribution in [-0.4, -0.2) is 29.5 Å². The maximum Gasteiger partial charge on any atom is 0.0662 e. The minimum atomic E-state index is 0.593. The third-order valence-electron chi connectivity index (χ3n) is 2.83. The number of ether oxygens (including phenoxy) is 1. The van der Waals surface area contributed by atoms with Crippen molar-refractivity contribution >= 4 is 0 Å². The van der Waals surface area contributed by atoms with Gasteiger partial charge in [-0.15, -0.1) is 0 Å². The Morgan fingerprint density at radius 2 is 2.00 bits per heavy atom. The lowest BCUT2D eigenvalue weighted by Crippen LogP contribution is -2.19. The molecule has 0 unspecified atom stereocenters. The highest BCUT2D eigenvalue weighted by molar-refractivity contribution is 5.14. The van der Waals surface area contributed by atoms with E-state index in [1.54, 1.807) is 0 Å². The van der Waals surface area contributed by atoms with Gasteiger partial charge in [0.25, 0.3) is 0 Å². The largest absolute Gasteiger partial charge is 0.379 e. The molecule has 1 heterocycles. The Morgan fingerprint density at radius 1 is 1.26 bits per heavy atom. The molecule has 0 aliphatic carbocycles. The monoisotopic (exact) mass is 267 g/mol. The third kappa shape index (κ3) is 6.73. The van der Waals surface area contributed by atoms with Crippen LogP contribution >= 0.6 is 0 Å². The summed E-state index contributed by atoms with van der Waals surface area (Å²) in [5, 5.41) is 7.97. The molecule has 0 atom stereocenters. The van der Waals surface area contributed by atoms with Gasteiger partial charge in [0.1, 0.15) is 0 Å². The summed E-state index contributed by atoms with van der Waals surface area (Å²) in [6.07, 6.45) is 2.13. The normalized spacial score (nSPS) is 11.7. The van der Waals surface area contributed by atoms with E-state index in [0.29, 0.717) is 11.8 Å². The summed E-state index contributed by atoms with van der Waals surface area (Å²) >= 11 is 0. The van der Waals surface area contributed by atoms with Crippen LogP contribution in [0.25, 0.3) is 0 Å². The lowest BCUT2D eigenvalue weighted by atomic mass is 10.2. The van der Waals surface area contributed by atoms with Gasteiger partial charge in [0.05, 0.1) is 18.8 Å². The molecule has 0 fully saturated rings. The molecule has 0 aromatic carbocycles. The van der Waals surface area contributed by atoms with Crippen LogP contribution in [0, 0.1) is 18.8 Å². The molecule has 0 aliphatic rings. The fourth-order valence-electron chi connectivity index (χ4n) is 1.82. The lowest BCUT2D eigenvalue weighted by Gasteiger charge is -2.07. The highest BCUT2D eigenvalue weighted by Crippen LogP contribution is 2.05. The van der Waals surface area contributed by atoms with E-state index >= 15 is 0 Å². The summed E-state index contributed by atoms with van der Waals surface area (Å²) in [7, 11) is 0.